The number of nitrogens with zero attached hydrogens (tertiary/aromatic N) is 2. The van der Waals surface area contributed by atoms with Crippen LogP contribution < -0.4 is 5.32 Å². The highest BCUT2D eigenvalue weighted by atomic mass is 16.2. The number of aromatic nitrogens is 2. The molecule has 0 aliphatic heterocycles. The lowest BCUT2D eigenvalue weighted by Gasteiger charge is -2.24. The van der Waals surface area contributed by atoms with Crippen molar-refractivity contribution in [1.29, 1.82) is 0 Å². The van der Waals surface area contributed by atoms with Gasteiger partial charge >= 0.3 is 0 Å². The summed E-state index contributed by atoms with van der Waals surface area (Å²) in [6.07, 6.45) is 9.31. The van der Waals surface area contributed by atoms with Crippen LogP contribution >= 0.6 is 0 Å². The molecule has 1 aromatic rings. The zero-order valence-electron chi connectivity index (χ0n) is 12.9. The van der Waals surface area contributed by atoms with E-state index in [0.29, 0.717) is 6.04 Å². The van der Waals surface area contributed by atoms with E-state index in [4.69, 9.17) is 5.11 Å². The molecule has 0 bridgehead atoms. The van der Waals surface area contributed by atoms with Crippen molar-refractivity contribution in [3.05, 3.63) is 18.0 Å². The minimum absolute atomic E-state index is 0.233. The monoisotopic (exact) mass is 279 g/mol. The molecule has 1 aliphatic carbocycles. The first-order chi connectivity index (χ1) is 9.61. The molecular formula is C16H29N3O. The fourth-order valence-electron chi connectivity index (χ4n) is 3.02. The summed E-state index contributed by atoms with van der Waals surface area (Å²) in [4.78, 5) is 0. The van der Waals surface area contributed by atoms with Crippen LogP contribution in [-0.4, -0.2) is 28.0 Å². The molecule has 0 spiro atoms. The molecule has 1 aromatic heterocycles. The maximum absolute atomic E-state index is 8.91. The number of hydrogen-bond donors (Lipinski definition) is 2. The summed E-state index contributed by atoms with van der Waals surface area (Å²) in [6, 6.07) is 2.76. The third-order valence-corrected chi connectivity index (χ3v) is 4.28. The maximum Gasteiger partial charge on any atom is 0.0762 e. The number of aliphatic hydroxyl groups excluding tert-OH is 1. The van der Waals surface area contributed by atoms with Gasteiger partial charge in [-0.15, -0.1) is 0 Å². The smallest absolute Gasteiger partial charge is 0.0762 e. The van der Waals surface area contributed by atoms with Gasteiger partial charge in [0.1, 0.15) is 0 Å². The molecule has 1 heterocycles. The highest BCUT2D eigenvalue weighted by Gasteiger charge is 2.18. The van der Waals surface area contributed by atoms with Gasteiger partial charge in [0, 0.05) is 25.9 Å². The molecule has 0 amide bonds. The molecule has 20 heavy (non-hydrogen) atoms. The predicted molar refractivity (Wildman–Crippen MR) is 81.5 cm³/mol. The average molecular weight is 279 g/mol. The Hall–Kier alpha value is -0.870. The maximum atomic E-state index is 8.91. The zero-order valence-corrected chi connectivity index (χ0v) is 12.9. The van der Waals surface area contributed by atoms with Gasteiger partial charge in [0.15, 0.2) is 0 Å². The lowest BCUT2D eigenvalue weighted by molar-refractivity contribution is 0.236. The van der Waals surface area contributed by atoms with Gasteiger partial charge in [-0.2, -0.15) is 5.10 Å². The van der Waals surface area contributed by atoms with Gasteiger partial charge < -0.3 is 10.4 Å². The second kappa shape index (κ2) is 7.23. The van der Waals surface area contributed by atoms with E-state index >= 15 is 0 Å². The molecule has 1 aliphatic rings. The first-order valence-electron chi connectivity index (χ1n) is 7.96. The van der Waals surface area contributed by atoms with Crippen molar-refractivity contribution in [2.75, 3.05) is 13.2 Å². The molecule has 0 radical (unpaired) electrons. The van der Waals surface area contributed by atoms with Gasteiger partial charge in [-0.25, -0.2) is 0 Å². The Morgan fingerprint density at radius 2 is 2.15 bits per heavy atom. The quantitative estimate of drug-likeness (QED) is 0.769. The van der Waals surface area contributed by atoms with Crippen LogP contribution in [0.15, 0.2) is 12.3 Å². The van der Waals surface area contributed by atoms with Crippen molar-refractivity contribution in [3.63, 3.8) is 0 Å². The fraction of sp³-hybridized carbons (Fsp3) is 0.812. The second-order valence-electron chi connectivity index (χ2n) is 6.82. The van der Waals surface area contributed by atoms with Crippen LogP contribution in [-0.2, 0) is 6.54 Å². The molecule has 114 valence electrons. The van der Waals surface area contributed by atoms with E-state index in [1.807, 2.05) is 0 Å². The van der Waals surface area contributed by atoms with E-state index in [1.165, 1.54) is 25.7 Å². The molecule has 1 fully saturated rings. The third kappa shape index (κ3) is 4.60. The predicted octanol–water partition coefficient (Wildman–Crippen LogP) is 2.89. The zero-order chi connectivity index (χ0) is 14.4. The van der Waals surface area contributed by atoms with Gasteiger partial charge in [0.2, 0.25) is 0 Å². The summed E-state index contributed by atoms with van der Waals surface area (Å²) >= 11 is 0. The van der Waals surface area contributed by atoms with E-state index in [9.17, 15) is 0 Å². The topological polar surface area (TPSA) is 50.1 Å². The summed E-state index contributed by atoms with van der Waals surface area (Å²) in [5, 5.41) is 17.1. The Labute approximate surface area is 122 Å². The van der Waals surface area contributed by atoms with E-state index in [1.54, 1.807) is 0 Å². The van der Waals surface area contributed by atoms with Crippen LogP contribution in [0.25, 0.3) is 0 Å². The first kappa shape index (κ1) is 15.5. The molecule has 1 saturated carbocycles. The number of rotatable bonds is 8. The minimum Gasteiger partial charge on any atom is -0.396 e. The highest BCUT2D eigenvalue weighted by molar-refractivity contribution is 5.00. The van der Waals surface area contributed by atoms with E-state index in [0.717, 1.165) is 31.6 Å². The Bertz CT molecular complexity index is 394. The molecule has 2 N–H and O–H groups in total. The Morgan fingerprint density at radius 3 is 2.85 bits per heavy atom. The average Bonchev–Trinajstić information content (AvgIpc) is 3.06. The van der Waals surface area contributed by atoms with Crippen molar-refractivity contribution >= 4 is 0 Å². The van der Waals surface area contributed by atoms with Crippen molar-refractivity contribution in [3.8, 4) is 0 Å². The second-order valence-corrected chi connectivity index (χ2v) is 6.82. The molecule has 0 saturated heterocycles. The van der Waals surface area contributed by atoms with Crippen molar-refractivity contribution < 1.29 is 5.11 Å². The molecule has 2 rings (SSSR count). The fourth-order valence-corrected chi connectivity index (χ4v) is 3.02. The third-order valence-electron chi connectivity index (χ3n) is 4.28. The lowest BCUT2D eigenvalue weighted by atomic mass is 9.88. The first-order valence-corrected chi connectivity index (χ1v) is 7.96. The van der Waals surface area contributed by atoms with Crippen LogP contribution in [0, 0.1) is 5.41 Å². The number of aliphatic hydroxyl groups is 1. The number of nitrogens with one attached hydrogen (secondary N) is 1. The van der Waals surface area contributed by atoms with Crippen molar-refractivity contribution in [2.24, 2.45) is 5.41 Å². The van der Waals surface area contributed by atoms with Crippen LogP contribution in [0.3, 0.4) is 0 Å². The van der Waals surface area contributed by atoms with E-state index in [2.05, 4.69) is 41.2 Å². The molecule has 0 unspecified atom stereocenters. The van der Waals surface area contributed by atoms with E-state index in [-0.39, 0.29) is 12.0 Å². The van der Waals surface area contributed by atoms with Crippen molar-refractivity contribution in [1.82, 2.24) is 15.1 Å². The largest absolute Gasteiger partial charge is 0.396 e. The summed E-state index contributed by atoms with van der Waals surface area (Å²) in [6.45, 7) is 6.57. The van der Waals surface area contributed by atoms with Crippen molar-refractivity contribution in [2.45, 2.75) is 65.0 Å². The standard InChI is InChI=1S/C16H29N3O/c1-16(2,9-5-11-20)13-17-12-14-8-10-19(18-14)15-6-3-4-7-15/h8,10,15,17,20H,3-7,9,11-13H2,1-2H3. The summed E-state index contributed by atoms with van der Waals surface area (Å²) in [5.41, 5.74) is 1.37. The molecule has 0 atom stereocenters. The molecule has 4 heteroatoms. The summed E-state index contributed by atoms with van der Waals surface area (Å²) < 4.78 is 2.15. The Kier molecular flexibility index (Phi) is 5.61. The van der Waals surface area contributed by atoms with Gasteiger partial charge in [-0.05, 0) is 37.2 Å². The summed E-state index contributed by atoms with van der Waals surface area (Å²) in [5.74, 6) is 0. The molecular weight excluding hydrogens is 250 g/mol. The SMILES string of the molecule is CC(C)(CCCO)CNCc1ccn(C2CCCC2)n1. The molecule has 4 nitrogen and oxygen atoms in total. The minimum atomic E-state index is 0.233. The normalized spacial score (nSPS) is 16.9. The Balaban J connectivity index is 1.74. The van der Waals surface area contributed by atoms with Gasteiger partial charge in [-0.3, -0.25) is 4.68 Å². The summed E-state index contributed by atoms with van der Waals surface area (Å²) in [7, 11) is 0. The van der Waals surface area contributed by atoms with Crippen LogP contribution in [0.1, 0.15) is 64.1 Å². The Morgan fingerprint density at radius 1 is 1.40 bits per heavy atom. The van der Waals surface area contributed by atoms with E-state index < -0.39 is 0 Å². The van der Waals surface area contributed by atoms with Crippen LogP contribution in [0.2, 0.25) is 0 Å². The highest BCUT2D eigenvalue weighted by Crippen LogP contribution is 2.28. The van der Waals surface area contributed by atoms with Gasteiger partial charge in [0.05, 0.1) is 11.7 Å². The van der Waals surface area contributed by atoms with Gasteiger partial charge in [-0.1, -0.05) is 26.7 Å². The van der Waals surface area contributed by atoms with Crippen LogP contribution in [0.4, 0.5) is 0 Å². The van der Waals surface area contributed by atoms with Crippen LogP contribution in [0.5, 0.6) is 0 Å². The molecule has 0 aromatic carbocycles. The van der Waals surface area contributed by atoms with Gasteiger partial charge in [0.25, 0.3) is 0 Å². The lowest BCUT2D eigenvalue weighted by Crippen LogP contribution is -2.29. The number of hydrogen-bond acceptors (Lipinski definition) is 3.